The number of hydrogen-bond donors (Lipinski definition) is 2. The summed E-state index contributed by atoms with van der Waals surface area (Å²) >= 11 is 1.45. The van der Waals surface area contributed by atoms with Gasteiger partial charge in [0, 0.05) is 11.8 Å². The van der Waals surface area contributed by atoms with Crippen LogP contribution in [0.2, 0.25) is 0 Å². The molecule has 1 aliphatic rings. The van der Waals surface area contributed by atoms with Crippen LogP contribution in [0.25, 0.3) is 6.08 Å². The van der Waals surface area contributed by atoms with Crippen molar-refractivity contribution in [3.8, 4) is 11.5 Å². The average molecular weight is 466 g/mol. The molecule has 10 heteroatoms. The first kappa shape index (κ1) is 23.7. The molecule has 1 heterocycles. The zero-order valence-corrected chi connectivity index (χ0v) is 17.8. The summed E-state index contributed by atoms with van der Waals surface area (Å²) < 4.78 is 46.9. The van der Waals surface area contributed by atoms with Crippen molar-refractivity contribution in [2.24, 2.45) is 4.99 Å². The Kier molecular flexibility index (Phi) is 7.81. The van der Waals surface area contributed by atoms with E-state index in [1.165, 1.54) is 30.0 Å². The van der Waals surface area contributed by atoms with Crippen molar-refractivity contribution in [2.45, 2.75) is 18.3 Å². The molecule has 2 aromatic carbocycles. The number of carbonyl (C=O) groups is 1. The van der Waals surface area contributed by atoms with Gasteiger partial charge in [-0.15, -0.1) is 0 Å². The first-order valence-corrected chi connectivity index (χ1v) is 10.5. The van der Waals surface area contributed by atoms with Crippen LogP contribution in [0.15, 0.2) is 59.6 Å². The molecule has 0 aliphatic carbocycles. The molecular formula is C22H21F3N2O4S. The Morgan fingerprint density at radius 1 is 1.22 bits per heavy atom. The van der Waals surface area contributed by atoms with Gasteiger partial charge in [-0.2, -0.15) is 13.2 Å². The number of nitrogens with one attached hydrogen (secondary N) is 1. The highest BCUT2D eigenvalue weighted by Gasteiger charge is 2.38. The highest BCUT2D eigenvalue weighted by molar-refractivity contribution is 8.14. The second-order valence-electron chi connectivity index (χ2n) is 6.79. The maximum absolute atomic E-state index is 12.3. The minimum absolute atomic E-state index is 0.0476. The van der Waals surface area contributed by atoms with E-state index in [0.717, 1.165) is 17.1 Å². The number of rotatable bonds is 7. The molecule has 0 radical (unpaired) electrons. The summed E-state index contributed by atoms with van der Waals surface area (Å²) in [5.41, 5.74) is 1.68. The number of aliphatic hydroxyl groups excluding tert-OH is 1. The van der Waals surface area contributed by atoms with Crippen molar-refractivity contribution in [3.63, 3.8) is 0 Å². The predicted octanol–water partition coefficient (Wildman–Crippen LogP) is 3.97. The zero-order valence-electron chi connectivity index (χ0n) is 17.0. The number of hydrogen-bond acceptors (Lipinski definition) is 6. The van der Waals surface area contributed by atoms with Crippen molar-refractivity contribution < 1.29 is 32.5 Å². The topological polar surface area (TPSA) is 80.2 Å². The maximum atomic E-state index is 12.3. The van der Waals surface area contributed by atoms with Gasteiger partial charge < -0.3 is 19.9 Å². The van der Waals surface area contributed by atoms with Crippen LogP contribution in [0.5, 0.6) is 11.5 Å². The normalized spacial score (nSPS) is 17.2. The minimum atomic E-state index is -4.73. The number of amidine groups is 1. The van der Waals surface area contributed by atoms with Crippen LogP contribution < -0.4 is 14.8 Å². The smallest absolute Gasteiger partial charge is 0.417 e. The fourth-order valence-electron chi connectivity index (χ4n) is 2.70. The molecule has 170 valence electrons. The van der Waals surface area contributed by atoms with Crippen LogP contribution in [-0.4, -0.2) is 47.9 Å². The van der Waals surface area contributed by atoms with E-state index in [0.29, 0.717) is 10.7 Å². The summed E-state index contributed by atoms with van der Waals surface area (Å²) in [7, 11) is 1.60. The molecule has 2 N–H and O–H groups in total. The molecule has 0 saturated heterocycles. The van der Waals surface area contributed by atoms with E-state index in [2.05, 4.69) is 10.3 Å². The first-order valence-electron chi connectivity index (χ1n) is 9.56. The predicted molar refractivity (Wildman–Crippen MR) is 117 cm³/mol. The molecule has 2 atom stereocenters. The van der Waals surface area contributed by atoms with Gasteiger partial charge in [-0.25, -0.2) is 0 Å². The van der Waals surface area contributed by atoms with Gasteiger partial charge in [0.15, 0.2) is 11.3 Å². The SMILES string of the molecule is COc1ccc(C2CSC(NC(=O)/C=C/c3ccc(OCC(O)C(F)(F)F)cc3)=N2)cc1. The summed E-state index contributed by atoms with van der Waals surface area (Å²) in [4.78, 5) is 16.7. The molecule has 1 aliphatic heterocycles. The van der Waals surface area contributed by atoms with Crippen LogP contribution in [0.1, 0.15) is 17.2 Å². The summed E-state index contributed by atoms with van der Waals surface area (Å²) in [6.45, 7) is -0.890. The van der Waals surface area contributed by atoms with Crippen molar-refractivity contribution in [3.05, 3.63) is 65.7 Å². The number of benzene rings is 2. The van der Waals surface area contributed by atoms with Crippen LogP contribution in [-0.2, 0) is 4.79 Å². The van der Waals surface area contributed by atoms with Gasteiger partial charge in [-0.05, 0) is 41.5 Å². The first-order chi connectivity index (χ1) is 15.2. The second-order valence-corrected chi connectivity index (χ2v) is 7.80. The molecule has 2 unspecified atom stereocenters. The lowest BCUT2D eigenvalue weighted by molar-refractivity contribution is -0.210. The fraction of sp³-hybridized carbons (Fsp3) is 0.273. The Morgan fingerprint density at radius 2 is 1.88 bits per heavy atom. The van der Waals surface area contributed by atoms with E-state index >= 15 is 0 Å². The minimum Gasteiger partial charge on any atom is -0.497 e. The lowest BCUT2D eigenvalue weighted by Gasteiger charge is -2.15. The van der Waals surface area contributed by atoms with Gasteiger partial charge in [0.25, 0.3) is 0 Å². The average Bonchev–Trinajstić information content (AvgIpc) is 3.24. The molecule has 0 spiro atoms. The van der Waals surface area contributed by atoms with Gasteiger partial charge in [-0.3, -0.25) is 9.79 Å². The van der Waals surface area contributed by atoms with E-state index < -0.39 is 18.9 Å². The molecule has 1 amide bonds. The van der Waals surface area contributed by atoms with Crippen LogP contribution in [0.4, 0.5) is 13.2 Å². The standard InChI is InChI=1S/C22H21F3N2O4S/c1-30-16-9-5-15(6-10-16)18-13-32-21(26-18)27-20(29)11-4-14-2-7-17(8-3-14)31-12-19(28)22(23,24)25/h2-11,18-19,28H,12-13H2,1H3,(H,26,27,29)/b11-4+. The Balaban J connectivity index is 1.49. The number of ether oxygens (including phenoxy) is 2. The summed E-state index contributed by atoms with van der Waals surface area (Å²) in [6, 6.07) is 13.6. The lowest BCUT2D eigenvalue weighted by Crippen LogP contribution is -2.34. The molecule has 0 fully saturated rings. The largest absolute Gasteiger partial charge is 0.497 e. The van der Waals surface area contributed by atoms with Gasteiger partial charge in [0.1, 0.15) is 18.1 Å². The van der Waals surface area contributed by atoms with E-state index in [9.17, 15) is 18.0 Å². The van der Waals surface area contributed by atoms with Crippen molar-refractivity contribution in [1.29, 1.82) is 0 Å². The van der Waals surface area contributed by atoms with Gasteiger partial charge in [0.05, 0.1) is 13.2 Å². The Labute approximate surface area is 187 Å². The number of aliphatic imine (C=N–C) groups is 1. The van der Waals surface area contributed by atoms with E-state index in [-0.39, 0.29) is 17.7 Å². The third-order valence-electron chi connectivity index (χ3n) is 4.47. The van der Waals surface area contributed by atoms with Gasteiger partial charge in [0.2, 0.25) is 5.91 Å². The Hall–Kier alpha value is -2.98. The highest BCUT2D eigenvalue weighted by Crippen LogP contribution is 2.30. The van der Waals surface area contributed by atoms with Crippen molar-refractivity contribution in [1.82, 2.24) is 5.32 Å². The molecule has 2 aromatic rings. The second kappa shape index (κ2) is 10.6. The molecule has 0 aromatic heterocycles. The molecule has 0 saturated carbocycles. The lowest BCUT2D eigenvalue weighted by atomic mass is 10.1. The molecule has 32 heavy (non-hydrogen) atoms. The summed E-state index contributed by atoms with van der Waals surface area (Å²) in [6.07, 6.45) is -4.38. The Bertz CT molecular complexity index is 976. The summed E-state index contributed by atoms with van der Waals surface area (Å²) in [5, 5.41) is 12.2. The monoisotopic (exact) mass is 466 g/mol. The third kappa shape index (κ3) is 6.76. The molecule has 0 bridgehead atoms. The maximum Gasteiger partial charge on any atom is 0.417 e. The number of amides is 1. The number of thioether (sulfide) groups is 1. The van der Waals surface area contributed by atoms with Crippen LogP contribution in [0.3, 0.4) is 0 Å². The van der Waals surface area contributed by atoms with Gasteiger partial charge in [-0.1, -0.05) is 36.0 Å². The number of nitrogens with zero attached hydrogens (tertiary/aromatic N) is 1. The number of methoxy groups -OCH3 is 1. The van der Waals surface area contributed by atoms with E-state index in [1.807, 2.05) is 24.3 Å². The summed E-state index contributed by atoms with van der Waals surface area (Å²) in [5.74, 6) is 1.31. The number of aliphatic hydroxyl groups is 1. The van der Waals surface area contributed by atoms with Crippen LogP contribution >= 0.6 is 11.8 Å². The van der Waals surface area contributed by atoms with Crippen molar-refractivity contribution in [2.75, 3.05) is 19.5 Å². The van der Waals surface area contributed by atoms with Crippen molar-refractivity contribution >= 4 is 28.9 Å². The Morgan fingerprint density at radius 3 is 2.50 bits per heavy atom. The van der Waals surface area contributed by atoms with Crippen LogP contribution in [0, 0.1) is 0 Å². The van der Waals surface area contributed by atoms with E-state index in [4.69, 9.17) is 14.6 Å². The fourth-order valence-corrected chi connectivity index (χ4v) is 3.66. The quantitative estimate of drug-likeness (QED) is 0.604. The van der Waals surface area contributed by atoms with Gasteiger partial charge >= 0.3 is 6.18 Å². The van der Waals surface area contributed by atoms with E-state index in [1.54, 1.807) is 25.3 Å². The third-order valence-corrected chi connectivity index (χ3v) is 5.44. The number of carbonyl (C=O) groups excluding carboxylic acids is 1. The zero-order chi connectivity index (χ0) is 23.1. The number of alkyl halides is 3. The highest BCUT2D eigenvalue weighted by atomic mass is 32.2. The molecular weight excluding hydrogens is 445 g/mol. The molecule has 3 rings (SSSR count). The number of halogens is 3. The molecule has 6 nitrogen and oxygen atoms in total.